The maximum Gasteiger partial charge on any atom is 0.146 e. The molecular formula is C14H12ClF2N. The lowest BCUT2D eigenvalue weighted by molar-refractivity contribution is 0.612. The van der Waals surface area contributed by atoms with E-state index >= 15 is 0 Å². The van der Waals surface area contributed by atoms with Crippen molar-refractivity contribution in [1.29, 1.82) is 0 Å². The number of hydrogen-bond acceptors (Lipinski definition) is 1. The van der Waals surface area contributed by atoms with E-state index < -0.39 is 5.82 Å². The summed E-state index contributed by atoms with van der Waals surface area (Å²) in [5.74, 6) is -0.729. The van der Waals surface area contributed by atoms with Crippen LogP contribution in [0.2, 0.25) is 5.02 Å². The monoisotopic (exact) mass is 267 g/mol. The van der Waals surface area contributed by atoms with Crippen LogP contribution in [0, 0.1) is 18.6 Å². The Kier molecular flexibility index (Phi) is 3.82. The molecule has 0 amide bonds. The van der Waals surface area contributed by atoms with Crippen LogP contribution in [0.5, 0.6) is 0 Å². The van der Waals surface area contributed by atoms with Crippen molar-refractivity contribution in [1.82, 2.24) is 0 Å². The summed E-state index contributed by atoms with van der Waals surface area (Å²) in [5, 5.41) is 3.09. The molecule has 2 rings (SSSR count). The molecule has 0 bridgehead atoms. The number of benzene rings is 2. The van der Waals surface area contributed by atoms with Gasteiger partial charge >= 0.3 is 0 Å². The van der Waals surface area contributed by atoms with Crippen molar-refractivity contribution in [2.24, 2.45) is 0 Å². The highest BCUT2D eigenvalue weighted by molar-refractivity contribution is 6.30. The molecule has 0 aliphatic heterocycles. The van der Waals surface area contributed by atoms with Crippen LogP contribution >= 0.6 is 11.6 Å². The molecule has 94 valence electrons. The summed E-state index contributed by atoms with van der Waals surface area (Å²) in [6.45, 7) is 1.93. The third-order valence-electron chi connectivity index (χ3n) is 2.77. The van der Waals surface area contributed by atoms with Crippen LogP contribution < -0.4 is 5.32 Å². The summed E-state index contributed by atoms with van der Waals surface area (Å²) in [4.78, 5) is 0. The first-order valence-electron chi connectivity index (χ1n) is 5.51. The van der Waals surface area contributed by atoms with Crippen molar-refractivity contribution in [2.45, 2.75) is 13.5 Å². The Labute approximate surface area is 109 Å². The van der Waals surface area contributed by atoms with E-state index in [9.17, 15) is 8.78 Å². The van der Waals surface area contributed by atoms with Crippen LogP contribution in [0.25, 0.3) is 0 Å². The largest absolute Gasteiger partial charge is 0.381 e. The summed E-state index contributed by atoms with van der Waals surface area (Å²) in [6, 6.07) is 9.57. The quantitative estimate of drug-likeness (QED) is 0.861. The average molecular weight is 268 g/mol. The fraction of sp³-hybridized carbons (Fsp3) is 0.143. The molecule has 0 unspecified atom stereocenters. The standard InChI is InChI=1S/C14H12ClF2N/c1-9-12(16)6-3-7-13(9)18-8-10-4-2-5-11(15)14(10)17/h2-7,18H,8H2,1H3. The molecule has 0 saturated heterocycles. The highest BCUT2D eigenvalue weighted by atomic mass is 35.5. The van der Waals surface area contributed by atoms with Gasteiger partial charge in [-0.1, -0.05) is 29.8 Å². The first kappa shape index (κ1) is 12.8. The van der Waals surface area contributed by atoms with Gasteiger partial charge in [0.05, 0.1) is 5.02 Å². The first-order valence-corrected chi connectivity index (χ1v) is 5.89. The van der Waals surface area contributed by atoms with E-state index in [2.05, 4.69) is 5.32 Å². The normalized spacial score (nSPS) is 10.4. The molecule has 0 spiro atoms. The van der Waals surface area contributed by atoms with Gasteiger partial charge in [-0.3, -0.25) is 0 Å². The van der Waals surface area contributed by atoms with Crippen molar-refractivity contribution in [3.05, 3.63) is 64.2 Å². The van der Waals surface area contributed by atoms with E-state index in [0.29, 0.717) is 16.8 Å². The van der Waals surface area contributed by atoms with E-state index in [1.807, 2.05) is 0 Å². The second-order valence-electron chi connectivity index (χ2n) is 3.98. The highest BCUT2D eigenvalue weighted by Crippen LogP contribution is 2.21. The Bertz CT molecular complexity index is 518. The molecule has 4 heteroatoms. The predicted octanol–water partition coefficient (Wildman–Crippen LogP) is 4.54. The molecule has 1 nitrogen and oxygen atoms in total. The van der Waals surface area contributed by atoms with Crippen molar-refractivity contribution in [3.8, 4) is 0 Å². The Morgan fingerprint density at radius 1 is 1.11 bits per heavy atom. The van der Waals surface area contributed by atoms with Crippen molar-refractivity contribution in [3.63, 3.8) is 0 Å². The lowest BCUT2D eigenvalue weighted by Gasteiger charge is -2.11. The number of anilines is 1. The van der Waals surface area contributed by atoms with Crippen LogP contribution in [0.1, 0.15) is 11.1 Å². The Morgan fingerprint density at radius 2 is 1.83 bits per heavy atom. The Morgan fingerprint density at radius 3 is 2.61 bits per heavy atom. The second kappa shape index (κ2) is 5.36. The van der Waals surface area contributed by atoms with Crippen LogP contribution in [0.3, 0.4) is 0 Å². The SMILES string of the molecule is Cc1c(F)cccc1NCc1cccc(Cl)c1F. The smallest absolute Gasteiger partial charge is 0.146 e. The van der Waals surface area contributed by atoms with Crippen molar-refractivity contribution < 1.29 is 8.78 Å². The average Bonchev–Trinajstić information content (AvgIpc) is 2.36. The zero-order valence-electron chi connectivity index (χ0n) is 9.81. The molecule has 0 atom stereocenters. The minimum atomic E-state index is -0.444. The molecule has 0 heterocycles. The lowest BCUT2D eigenvalue weighted by Crippen LogP contribution is -2.04. The van der Waals surface area contributed by atoms with Gasteiger partial charge in [-0.2, -0.15) is 0 Å². The van der Waals surface area contributed by atoms with Gasteiger partial charge in [0.15, 0.2) is 0 Å². The Balaban J connectivity index is 2.17. The molecule has 1 N–H and O–H groups in total. The van der Waals surface area contributed by atoms with Gasteiger partial charge in [-0.05, 0) is 25.1 Å². The Hall–Kier alpha value is -1.61. The second-order valence-corrected chi connectivity index (χ2v) is 4.39. The van der Waals surface area contributed by atoms with E-state index in [1.54, 1.807) is 31.2 Å². The van der Waals surface area contributed by atoms with Gasteiger partial charge in [-0.25, -0.2) is 8.78 Å². The molecule has 0 aliphatic carbocycles. The van der Waals surface area contributed by atoms with Gasteiger partial charge in [-0.15, -0.1) is 0 Å². The van der Waals surface area contributed by atoms with Crippen LogP contribution in [0.15, 0.2) is 36.4 Å². The number of nitrogens with one attached hydrogen (secondary N) is 1. The van der Waals surface area contributed by atoms with Gasteiger partial charge in [0.1, 0.15) is 11.6 Å². The van der Waals surface area contributed by atoms with Crippen molar-refractivity contribution >= 4 is 17.3 Å². The zero-order chi connectivity index (χ0) is 13.1. The minimum absolute atomic E-state index is 0.0882. The summed E-state index contributed by atoms with van der Waals surface area (Å²) in [7, 11) is 0. The molecule has 18 heavy (non-hydrogen) atoms. The maximum atomic E-state index is 13.6. The molecular weight excluding hydrogens is 256 g/mol. The molecule has 0 aromatic heterocycles. The van der Waals surface area contributed by atoms with E-state index in [0.717, 1.165) is 0 Å². The van der Waals surface area contributed by atoms with Crippen LogP contribution in [-0.2, 0) is 6.54 Å². The zero-order valence-corrected chi connectivity index (χ0v) is 10.6. The minimum Gasteiger partial charge on any atom is -0.381 e. The molecule has 2 aromatic carbocycles. The van der Waals surface area contributed by atoms with Gasteiger partial charge in [0.2, 0.25) is 0 Å². The number of hydrogen-bond donors (Lipinski definition) is 1. The molecule has 0 radical (unpaired) electrons. The van der Waals surface area contributed by atoms with Crippen molar-refractivity contribution in [2.75, 3.05) is 5.32 Å². The summed E-state index contributed by atoms with van der Waals surface area (Å²) >= 11 is 5.69. The van der Waals surface area contributed by atoms with Gasteiger partial charge in [0.25, 0.3) is 0 Å². The maximum absolute atomic E-state index is 13.6. The lowest BCUT2D eigenvalue weighted by atomic mass is 10.1. The summed E-state index contributed by atoms with van der Waals surface area (Å²) in [6.07, 6.45) is 0. The highest BCUT2D eigenvalue weighted by Gasteiger charge is 2.07. The van der Waals surface area contributed by atoms with Crippen LogP contribution in [0.4, 0.5) is 14.5 Å². The van der Waals surface area contributed by atoms with E-state index in [-0.39, 0.29) is 17.4 Å². The summed E-state index contributed by atoms with van der Waals surface area (Å²) < 4.78 is 27.0. The fourth-order valence-corrected chi connectivity index (χ4v) is 1.87. The van der Waals surface area contributed by atoms with Crippen LogP contribution in [-0.4, -0.2) is 0 Å². The topological polar surface area (TPSA) is 12.0 Å². The third-order valence-corrected chi connectivity index (χ3v) is 3.06. The molecule has 0 fully saturated rings. The van der Waals surface area contributed by atoms with Gasteiger partial charge in [0, 0.05) is 23.4 Å². The molecule has 0 aliphatic rings. The molecule has 0 saturated carbocycles. The number of rotatable bonds is 3. The van der Waals surface area contributed by atoms with Gasteiger partial charge < -0.3 is 5.32 Å². The first-order chi connectivity index (χ1) is 8.59. The van der Waals surface area contributed by atoms with E-state index in [4.69, 9.17) is 11.6 Å². The molecule has 2 aromatic rings. The number of halogens is 3. The summed E-state index contributed by atoms with van der Waals surface area (Å²) in [5.41, 5.74) is 1.61. The predicted molar refractivity (Wildman–Crippen MR) is 69.9 cm³/mol. The third kappa shape index (κ3) is 2.62. The fourth-order valence-electron chi connectivity index (χ4n) is 1.67. The van der Waals surface area contributed by atoms with E-state index in [1.165, 1.54) is 12.1 Å².